The molecule has 0 saturated heterocycles. The van der Waals surface area contributed by atoms with Gasteiger partial charge in [-0.05, 0) is 66.6 Å². The molecule has 0 atom stereocenters. The molecule has 0 saturated carbocycles. The molecular formula is C30H26F4N4O3. The van der Waals surface area contributed by atoms with Crippen LogP contribution in [-0.2, 0) is 5.41 Å². The summed E-state index contributed by atoms with van der Waals surface area (Å²) in [5.41, 5.74) is 4.19. The number of halogens is 4. The van der Waals surface area contributed by atoms with Gasteiger partial charge in [-0.2, -0.15) is 4.39 Å². The number of aromatic hydroxyl groups is 1. The van der Waals surface area contributed by atoms with Crippen LogP contribution in [0.3, 0.4) is 0 Å². The Morgan fingerprint density at radius 1 is 1.05 bits per heavy atom. The van der Waals surface area contributed by atoms with Crippen LogP contribution in [0.1, 0.15) is 25.0 Å². The van der Waals surface area contributed by atoms with Crippen molar-refractivity contribution in [1.82, 2.24) is 4.98 Å². The molecule has 1 aliphatic heterocycles. The second-order valence-corrected chi connectivity index (χ2v) is 10.3. The number of phenolic OH excluding ortho intramolecular Hbond substituents is 1. The van der Waals surface area contributed by atoms with Crippen LogP contribution in [0.4, 0.5) is 45.1 Å². The number of ether oxygens (including phenoxy) is 1. The smallest absolute Gasteiger partial charge is 0.506 e. The minimum atomic E-state index is -4.82. The van der Waals surface area contributed by atoms with Gasteiger partial charge in [0.05, 0.1) is 17.1 Å². The molecule has 0 bridgehead atoms. The maximum atomic E-state index is 13.9. The summed E-state index contributed by atoms with van der Waals surface area (Å²) in [5, 5.41) is 16.4. The highest BCUT2D eigenvalue weighted by atomic mass is 19.4. The molecule has 2 heterocycles. The average Bonchev–Trinajstić information content (AvgIpc) is 3.18. The lowest BCUT2D eigenvalue weighted by atomic mass is 9.82. The summed E-state index contributed by atoms with van der Waals surface area (Å²) in [5.74, 6) is -0.912. The molecule has 1 aliphatic rings. The number of carbonyl (C=O) groups is 1. The van der Waals surface area contributed by atoms with Gasteiger partial charge in [-0.1, -0.05) is 32.0 Å². The van der Waals surface area contributed by atoms with Gasteiger partial charge < -0.3 is 25.4 Å². The summed E-state index contributed by atoms with van der Waals surface area (Å²) >= 11 is 0. The number of amides is 2. The molecule has 0 aliphatic carbocycles. The second kappa shape index (κ2) is 10.3. The number of nitrogens with zero attached hydrogens (tertiary/aromatic N) is 2. The van der Waals surface area contributed by atoms with E-state index >= 15 is 0 Å². The van der Waals surface area contributed by atoms with Crippen LogP contribution in [0.5, 0.6) is 11.5 Å². The molecule has 0 fully saturated rings. The Morgan fingerprint density at radius 2 is 1.76 bits per heavy atom. The van der Waals surface area contributed by atoms with Gasteiger partial charge in [0.15, 0.2) is 0 Å². The van der Waals surface area contributed by atoms with E-state index in [9.17, 15) is 27.5 Å². The van der Waals surface area contributed by atoms with Crippen molar-refractivity contribution in [3.05, 3.63) is 90.0 Å². The molecule has 0 radical (unpaired) electrons. The maximum absolute atomic E-state index is 13.9. The zero-order valence-corrected chi connectivity index (χ0v) is 22.3. The molecule has 1 aromatic heterocycles. The molecular weight excluding hydrogens is 540 g/mol. The van der Waals surface area contributed by atoms with E-state index in [-0.39, 0.29) is 11.4 Å². The normalized spacial score (nSPS) is 14.0. The first-order valence-electron chi connectivity index (χ1n) is 12.6. The fourth-order valence-corrected chi connectivity index (χ4v) is 5.08. The van der Waals surface area contributed by atoms with Crippen molar-refractivity contribution in [1.29, 1.82) is 0 Å². The number of pyridine rings is 1. The van der Waals surface area contributed by atoms with Crippen LogP contribution >= 0.6 is 0 Å². The Hall–Kier alpha value is -4.80. The zero-order valence-electron chi connectivity index (χ0n) is 22.3. The number of carbonyl (C=O) groups excluding carboxylic acids is 1. The number of fused-ring (bicyclic) bond motifs is 1. The molecule has 3 aromatic carbocycles. The van der Waals surface area contributed by atoms with Crippen LogP contribution in [0, 0.1) is 12.9 Å². The highest BCUT2D eigenvalue weighted by Gasteiger charge is 2.41. The van der Waals surface area contributed by atoms with Crippen LogP contribution in [-0.4, -0.2) is 29.0 Å². The number of phenols is 1. The van der Waals surface area contributed by atoms with Crippen LogP contribution in [0.15, 0.2) is 72.9 Å². The van der Waals surface area contributed by atoms with E-state index in [1.54, 1.807) is 49.4 Å². The van der Waals surface area contributed by atoms with Crippen LogP contribution < -0.4 is 20.3 Å². The number of nitrogens with one attached hydrogen (secondary N) is 2. The first kappa shape index (κ1) is 27.8. The number of aryl methyl sites for hydroxylation is 1. The topological polar surface area (TPSA) is 86.7 Å². The van der Waals surface area contributed by atoms with E-state index in [4.69, 9.17) is 0 Å². The lowest BCUT2D eigenvalue weighted by Gasteiger charge is -2.25. The van der Waals surface area contributed by atoms with E-state index in [0.29, 0.717) is 34.7 Å². The predicted molar refractivity (Wildman–Crippen MR) is 148 cm³/mol. The summed E-state index contributed by atoms with van der Waals surface area (Å²) in [4.78, 5) is 18.7. The molecule has 2 amide bonds. The van der Waals surface area contributed by atoms with Gasteiger partial charge in [0, 0.05) is 35.0 Å². The quantitative estimate of drug-likeness (QED) is 0.169. The maximum Gasteiger partial charge on any atom is 0.573 e. The number of alkyl halides is 3. The molecule has 7 nitrogen and oxygen atoms in total. The van der Waals surface area contributed by atoms with Crippen molar-refractivity contribution in [2.45, 2.75) is 32.5 Å². The van der Waals surface area contributed by atoms with Crippen molar-refractivity contribution < 1.29 is 32.2 Å². The Morgan fingerprint density at radius 3 is 2.44 bits per heavy atom. The van der Waals surface area contributed by atoms with Gasteiger partial charge in [-0.25, -0.2) is 9.78 Å². The molecule has 4 aromatic rings. The fourth-order valence-electron chi connectivity index (χ4n) is 5.08. The molecule has 5 rings (SSSR count). The van der Waals surface area contributed by atoms with Crippen molar-refractivity contribution in [2.75, 3.05) is 22.1 Å². The Labute approximate surface area is 233 Å². The van der Waals surface area contributed by atoms with Gasteiger partial charge in [-0.15, -0.1) is 13.2 Å². The Balaban J connectivity index is 1.45. The first-order chi connectivity index (χ1) is 19.3. The van der Waals surface area contributed by atoms with Crippen LogP contribution in [0.2, 0.25) is 0 Å². The third-order valence-corrected chi connectivity index (χ3v) is 6.77. The first-order valence-corrected chi connectivity index (χ1v) is 12.6. The lowest BCUT2D eigenvalue weighted by Crippen LogP contribution is -2.27. The summed E-state index contributed by atoms with van der Waals surface area (Å²) in [6.45, 7) is 6.17. The van der Waals surface area contributed by atoms with Gasteiger partial charge >= 0.3 is 12.4 Å². The summed E-state index contributed by atoms with van der Waals surface area (Å²) in [7, 11) is 0. The molecule has 0 unspecified atom stereocenters. The highest BCUT2D eigenvalue weighted by molar-refractivity contribution is 6.03. The fraction of sp³-hybridized carbons (Fsp3) is 0.200. The van der Waals surface area contributed by atoms with Crippen LogP contribution in [0.25, 0.3) is 11.1 Å². The lowest BCUT2D eigenvalue weighted by molar-refractivity contribution is -0.274. The number of rotatable bonds is 5. The van der Waals surface area contributed by atoms with Gasteiger partial charge in [0.25, 0.3) is 0 Å². The number of urea groups is 1. The van der Waals surface area contributed by atoms with E-state index in [1.165, 1.54) is 18.3 Å². The molecule has 11 heteroatoms. The summed E-state index contributed by atoms with van der Waals surface area (Å²) < 4.78 is 55.0. The van der Waals surface area contributed by atoms with E-state index < -0.39 is 29.5 Å². The second-order valence-electron chi connectivity index (χ2n) is 10.3. The predicted octanol–water partition coefficient (Wildman–Crippen LogP) is 7.87. The number of aromatic nitrogens is 1. The number of hydrogen-bond donors (Lipinski definition) is 3. The Kier molecular flexibility index (Phi) is 6.98. The SMILES string of the molecule is Cc1cc(-c2ccc(O)c3c2C(C)(C)CN3c2ccccc2NC(=O)Nc2ccc(OC(F)(F)F)cc2)cnc1F. The third kappa shape index (κ3) is 5.74. The Bertz CT molecular complexity index is 1620. The number of benzene rings is 3. The molecule has 0 spiro atoms. The largest absolute Gasteiger partial charge is 0.573 e. The average molecular weight is 567 g/mol. The number of hydrogen-bond acceptors (Lipinski definition) is 5. The summed E-state index contributed by atoms with van der Waals surface area (Å²) in [6, 6.07) is 16.3. The van der Waals surface area contributed by atoms with Crippen molar-refractivity contribution in [3.8, 4) is 22.6 Å². The van der Waals surface area contributed by atoms with Gasteiger partial charge in [0.1, 0.15) is 11.5 Å². The minimum absolute atomic E-state index is 0.0431. The summed E-state index contributed by atoms with van der Waals surface area (Å²) in [6.07, 6.45) is -3.35. The van der Waals surface area contributed by atoms with Crippen molar-refractivity contribution in [2.24, 2.45) is 0 Å². The molecule has 3 N–H and O–H groups in total. The van der Waals surface area contributed by atoms with E-state index in [0.717, 1.165) is 23.3 Å². The van der Waals surface area contributed by atoms with Crippen molar-refractivity contribution in [3.63, 3.8) is 0 Å². The molecule has 41 heavy (non-hydrogen) atoms. The molecule has 212 valence electrons. The standard InChI is InChI=1S/C30H26F4N4O3/c1-17-14-18(15-35-27(17)31)21-12-13-24(39)26-25(21)29(2,3)16-38(26)23-7-5-4-6-22(23)37-28(40)36-19-8-10-20(11-9-19)41-30(32,33)34/h4-15,39H,16H2,1-3H3,(H2,36,37,40). The monoisotopic (exact) mass is 566 g/mol. The van der Waals surface area contributed by atoms with Crippen molar-refractivity contribution >= 4 is 28.8 Å². The number of anilines is 4. The highest BCUT2D eigenvalue weighted by Crippen LogP contribution is 2.53. The van der Waals surface area contributed by atoms with Gasteiger partial charge in [0.2, 0.25) is 5.95 Å². The number of para-hydroxylation sites is 2. The third-order valence-electron chi connectivity index (χ3n) is 6.77. The van der Waals surface area contributed by atoms with E-state index in [2.05, 4.69) is 20.4 Å². The zero-order chi connectivity index (χ0) is 29.5. The van der Waals surface area contributed by atoms with Gasteiger partial charge in [-0.3, -0.25) is 0 Å². The van der Waals surface area contributed by atoms with E-state index in [1.807, 2.05) is 18.7 Å². The minimum Gasteiger partial charge on any atom is -0.506 e.